The van der Waals surface area contributed by atoms with Crippen LogP contribution in [0.5, 0.6) is 0 Å². The van der Waals surface area contributed by atoms with Crippen molar-refractivity contribution in [1.29, 1.82) is 0 Å². The van der Waals surface area contributed by atoms with E-state index >= 15 is 0 Å². The highest BCUT2D eigenvalue weighted by atomic mass is 16.2. The zero-order valence-electron chi connectivity index (χ0n) is 21.1. The highest BCUT2D eigenvalue weighted by Gasteiger charge is 2.21. The fraction of sp³-hybridized carbons (Fsp3) is 0.355. The van der Waals surface area contributed by atoms with Gasteiger partial charge in [0.15, 0.2) is 0 Å². The van der Waals surface area contributed by atoms with E-state index in [0.29, 0.717) is 29.8 Å². The van der Waals surface area contributed by atoms with E-state index < -0.39 is 0 Å². The van der Waals surface area contributed by atoms with E-state index in [9.17, 15) is 9.59 Å². The number of benzene rings is 3. The largest absolute Gasteiger partial charge is 0.366 e. The molecule has 0 saturated heterocycles. The lowest BCUT2D eigenvalue weighted by molar-refractivity contribution is 0.0951. The molecule has 0 aliphatic heterocycles. The van der Waals surface area contributed by atoms with E-state index in [-0.39, 0.29) is 11.8 Å². The fourth-order valence-electron chi connectivity index (χ4n) is 5.05. The smallest absolute Gasteiger partial charge is 0.251 e. The summed E-state index contributed by atoms with van der Waals surface area (Å²) < 4.78 is 0. The van der Waals surface area contributed by atoms with Crippen molar-refractivity contribution < 1.29 is 9.59 Å². The van der Waals surface area contributed by atoms with Gasteiger partial charge in [-0.1, -0.05) is 61.9 Å². The van der Waals surface area contributed by atoms with E-state index in [2.05, 4.69) is 35.8 Å². The van der Waals surface area contributed by atoms with Crippen LogP contribution in [-0.4, -0.2) is 30.4 Å². The second-order valence-corrected chi connectivity index (χ2v) is 9.75. The number of hydrogen-bond acceptors (Lipinski definition) is 3. The Morgan fingerprint density at radius 3 is 2.36 bits per heavy atom. The molecule has 0 fully saturated rings. The van der Waals surface area contributed by atoms with Crippen LogP contribution in [0.2, 0.25) is 0 Å². The number of amides is 2. The molecule has 0 spiro atoms. The van der Waals surface area contributed by atoms with Gasteiger partial charge in [0.2, 0.25) is 5.91 Å². The first-order valence-electron chi connectivity index (χ1n) is 13.1. The Hall–Kier alpha value is -3.44. The first kappa shape index (κ1) is 25.6. The van der Waals surface area contributed by atoms with Crippen molar-refractivity contribution in [3.05, 3.63) is 95.1 Å². The van der Waals surface area contributed by atoms with Crippen LogP contribution in [0.25, 0.3) is 11.1 Å². The summed E-state index contributed by atoms with van der Waals surface area (Å²) in [5.41, 5.74) is 11.6. The van der Waals surface area contributed by atoms with Gasteiger partial charge < -0.3 is 16.4 Å². The van der Waals surface area contributed by atoms with Crippen molar-refractivity contribution in [2.75, 3.05) is 6.54 Å². The van der Waals surface area contributed by atoms with Crippen LogP contribution in [0, 0.1) is 0 Å². The Bertz CT molecular complexity index is 1160. The maximum atomic E-state index is 12.5. The zero-order chi connectivity index (χ0) is 25.3. The first-order chi connectivity index (χ1) is 17.5. The predicted molar refractivity (Wildman–Crippen MR) is 146 cm³/mol. The van der Waals surface area contributed by atoms with E-state index in [4.69, 9.17) is 5.73 Å². The van der Waals surface area contributed by atoms with Crippen molar-refractivity contribution in [2.24, 2.45) is 5.73 Å². The van der Waals surface area contributed by atoms with Crippen LogP contribution in [0.1, 0.15) is 70.9 Å². The topological polar surface area (TPSA) is 84.2 Å². The van der Waals surface area contributed by atoms with Crippen molar-refractivity contribution in [3.8, 4) is 11.1 Å². The Kier molecular flexibility index (Phi) is 8.90. The zero-order valence-corrected chi connectivity index (χ0v) is 21.1. The normalized spacial score (nSPS) is 15.6. The molecule has 4 N–H and O–H groups in total. The maximum absolute atomic E-state index is 12.5. The van der Waals surface area contributed by atoms with Gasteiger partial charge in [0.1, 0.15) is 0 Å². The minimum Gasteiger partial charge on any atom is -0.366 e. The van der Waals surface area contributed by atoms with Gasteiger partial charge in [-0.15, -0.1) is 0 Å². The summed E-state index contributed by atoms with van der Waals surface area (Å²) in [6.45, 7) is 2.92. The van der Waals surface area contributed by atoms with E-state index in [1.54, 1.807) is 0 Å². The van der Waals surface area contributed by atoms with Gasteiger partial charge in [0.05, 0.1) is 0 Å². The van der Waals surface area contributed by atoms with Crippen molar-refractivity contribution in [1.82, 2.24) is 10.6 Å². The Morgan fingerprint density at radius 1 is 0.917 bits per heavy atom. The molecule has 0 aromatic heterocycles. The Labute approximate surface area is 214 Å². The summed E-state index contributed by atoms with van der Waals surface area (Å²) in [5, 5.41) is 6.91. The summed E-state index contributed by atoms with van der Waals surface area (Å²) in [4.78, 5) is 24.0. The number of carbonyl (C=O) groups is 2. The number of carbonyl (C=O) groups excluding carboxylic acids is 2. The molecule has 3 aromatic rings. The quantitative estimate of drug-likeness (QED) is 0.325. The summed E-state index contributed by atoms with van der Waals surface area (Å²) in [7, 11) is 0. The summed E-state index contributed by atoms with van der Waals surface area (Å²) in [5.74, 6) is -0.374. The maximum Gasteiger partial charge on any atom is 0.251 e. The summed E-state index contributed by atoms with van der Waals surface area (Å²) in [6.07, 6.45) is 7.27. The van der Waals surface area contributed by atoms with Crippen LogP contribution >= 0.6 is 0 Å². The van der Waals surface area contributed by atoms with Crippen LogP contribution < -0.4 is 16.4 Å². The van der Waals surface area contributed by atoms with Gasteiger partial charge in [-0.25, -0.2) is 0 Å². The number of rotatable bonds is 11. The third-order valence-corrected chi connectivity index (χ3v) is 7.20. The lowest BCUT2D eigenvalue weighted by Crippen LogP contribution is -2.41. The van der Waals surface area contributed by atoms with Crippen molar-refractivity contribution in [2.45, 2.75) is 64.0 Å². The van der Waals surface area contributed by atoms with E-state index in [1.165, 1.54) is 11.1 Å². The number of nitrogens with one attached hydrogen (secondary N) is 2. The minimum atomic E-state index is -0.360. The van der Waals surface area contributed by atoms with Gasteiger partial charge in [-0.3, -0.25) is 9.59 Å². The number of primary amides is 1. The van der Waals surface area contributed by atoms with Crippen LogP contribution in [-0.2, 0) is 12.8 Å². The van der Waals surface area contributed by atoms with Crippen LogP contribution in [0.3, 0.4) is 0 Å². The molecular weight excluding hydrogens is 446 g/mol. The molecule has 3 aromatic carbocycles. The van der Waals surface area contributed by atoms with Gasteiger partial charge in [-0.2, -0.15) is 0 Å². The van der Waals surface area contributed by atoms with Crippen molar-refractivity contribution in [3.63, 3.8) is 0 Å². The molecule has 2 unspecified atom stereocenters. The third kappa shape index (κ3) is 6.82. The van der Waals surface area contributed by atoms with E-state index in [1.807, 2.05) is 54.6 Å². The molecule has 188 valence electrons. The molecule has 5 heteroatoms. The molecule has 2 atom stereocenters. The average Bonchev–Trinajstić information content (AvgIpc) is 2.92. The number of unbranched alkanes of at least 4 members (excludes halogenated alkanes) is 1. The Balaban J connectivity index is 1.17. The molecule has 0 heterocycles. The number of nitrogens with two attached hydrogens (primary N) is 1. The molecule has 1 aliphatic carbocycles. The Morgan fingerprint density at radius 2 is 1.64 bits per heavy atom. The van der Waals surface area contributed by atoms with Gasteiger partial charge in [0, 0.05) is 29.8 Å². The standard InChI is InChI=1S/C31H37N3O2/c1-2-28(34-29-18-17-25-20-27(30(32)35)16-15-26(25)21-29)10-6-7-19-33-31(36)24-13-11-23(12-14-24)22-8-4-3-5-9-22/h3-5,8-9,11-16,20,28-29,34H,2,6-7,10,17-19,21H2,1H3,(H2,32,35)(H,33,36). The summed E-state index contributed by atoms with van der Waals surface area (Å²) in [6, 6.07) is 24.8. The summed E-state index contributed by atoms with van der Waals surface area (Å²) >= 11 is 0. The third-order valence-electron chi connectivity index (χ3n) is 7.20. The first-order valence-corrected chi connectivity index (χ1v) is 13.1. The van der Waals surface area contributed by atoms with Crippen molar-refractivity contribution >= 4 is 11.8 Å². The van der Waals surface area contributed by atoms with Gasteiger partial charge in [-0.05, 0) is 85.0 Å². The monoisotopic (exact) mass is 483 g/mol. The SMILES string of the molecule is CCC(CCCCNC(=O)c1ccc(-c2ccccc2)cc1)NC1CCc2cc(C(N)=O)ccc2C1. The van der Waals surface area contributed by atoms with Gasteiger partial charge >= 0.3 is 0 Å². The minimum absolute atomic E-state index is 0.0138. The molecule has 36 heavy (non-hydrogen) atoms. The molecule has 4 rings (SSSR count). The molecule has 0 saturated carbocycles. The lowest BCUT2D eigenvalue weighted by atomic mass is 9.86. The number of aryl methyl sites for hydroxylation is 1. The molecule has 1 aliphatic rings. The van der Waals surface area contributed by atoms with Crippen LogP contribution in [0.4, 0.5) is 0 Å². The molecular formula is C31H37N3O2. The fourth-order valence-corrected chi connectivity index (χ4v) is 5.05. The second-order valence-electron chi connectivity index (χ2n) is 9.75. The average molecular weight is 484 g/mol. The molecule has 5 nitrogen and oxygen atoms in total. The van der Waals surface area contributed by atoms with Gasteiger partial charge in [0.25, 0.3) is 5.91 Å². The highest BCUT2D eigenvalue weighted by molar-refractivity contribution is 5.94. The molecule has 0 bridgehead atoms. The number of fused-ring (bicyclic) bond motifs is 1. The second kappa shape index (κ2) is 12.5. The van der Waals surface area contributed by atoms with E-state index in [0.717, 1.165) is 56.1 Å². The highest BCUT2D eigenvalue weighted by Crippen LogP contribution is 2.24. The lowest BCUT2D eigenvalue weighted by Gasteiger charge is -2.30. The molecule has 2 amide bonds. The molecule has 0 radical (unpaired) electrons. The predicted octanol–water partition coefficient (Wildman–Crippen LogP) is 5.28. The number of hydrogen-bond donors (Lipinski definition) is 3. The van der Waals surface area contributed by atoms with Crippen LogP contribution in [0.15, 0.2) is 72.8 Å².